The predicted molar refractivity (Wildman–Crippen MR) is 87.5 cm³/mol. The summed E-state index contributed by atoms with van der Waals surface area (Å²) in [5.74, 6) is -1.42. The molecule has 0 bridgehead atoms. The van der Waals surface area contributed by atoms with E-state index >= 15 is 0 Å². The fourth-order valence-corrected chi connectivity index (χ4v) is 2.02. The highest BCUT2D eigenvalue weighted by Crippen LogP contribution is 2.07. The molecule has 0 aliphatic carbocycles. The molecule has 0 spiro atoms. The second-order valence-corrected chi connectivity index (χ2v) is 6.39. The van der Waals surface area contributed by atoms with E-state index in [0.717, 1.165) is 25.7 Å². The van der Waals surface area contributed by atoms with E-state index in [2.05, 4.69) is 6.08 Å². The lowest BCUT2D eigenvalue weighted by Crippen LogP contribution is -2.43. The molecule has 0 aromatic rings. The van der Waals surface area contributed by atoms with Gasteiger partial charge in [-0.05, 0) is 32.6 Å². The van der Waals surface area contributed by atoms with Crippen LogP contribution in [0.1, 0.15) is 39.0 Å². The van der Waals surface area contributed by atoms with Gasteiger partial charge in [0.2, 0.25) is 0 Å². The van der Waals surface area contributed by atoms with Gasteiger partial charge in [-0.15, -0.1) is 0 Å². The first kappa shape index (κ1) is 20.4. The van der Waals surface area contributed by atoms with Crippen LogP contribution in [0.3, 0.4) is 0 Å². The molecule has 5 heteroatoms. The van der Waals surface area contributed by atoms with Gasteiger partial charge in [-0.1, -0.05) is 18.2 Å². The molecule has 0 saturated carbocycles. The van der Waals surface area contributed by atoms with Crippen LogP contribution < -0.4 is 0 Å². The van der Waals surface area contributed by atoms with Crippen LogP contribution in [0.25, 0.3) is 0 Å². The van der Waals surface area contributed by atoms with Crippen LogP contribution in [0, 0.1) is 0 Å². The van der Waals surface area contributed by atoms with E-state index in [-0.39, 0.29) is 6.42 Å². The Bertz CT molecular complexity index is 394. The van der Waals surface area contributed by atoms with E-state index < -0.39 is 18.0 Å². The summed E-state index contributed by atoms with van der Waals surface area (Å²) >= 11 is 0. The quantitative estimate of drug-likeness (QED) is 0.209. The highest BCUT2D eigenvalue weighted by Gasteiger charge is 2.23. The van der Waals surface area contributed by atoms with Gasteiger partial charge >= 0.3 is 11.9 Å². The number of esters is 1. The number of aliphatic carboxylic acids is 1. The van der Waals surface area contributed by atoms with Gasteiger partial charge < -0.3 is 14.3 Å². The lowest BCUT2D eigenvalue weighted by Gasteiger charge is -2.28. The van der Waals surface area contributed by atoms with E-state index in [1.165, 1.54) is 6.08 Å². The molecule has 0 rings (SSSR count). The largest absolute Gasteiger partial charge is 0.481 e. The van der Waals surface area contributed by atoms with E-state index in [9.17, 15) is 9.59 Å². The number of nitrogens with zero attached hydrogens (tertiary/aromatic N) is 1. The monoisotopic (exact) mass is 312 g/mol. The maximum absolute atomic E-state index is 11.7. The topological polar surface area (TPSA) is 63.6 Å². The molecule has 1 atom stereocenters. The van der Waals surface area contributed by atoms with Gasteiger partial charge in [0.25, 0.3) is 0 Å². The van der Waals surface area contributed by atoms with Gasteiger partial charge in [-0.2, -0.15) is 0 Å². The number of unbranched alkanes of at least 4 members (excludes halogenated alkanes) is 3. The van der Waals surface area contributed by atoms with Gasteiger partial charge in [0.15, 0.2) is 6.10 Å². The molecule has 0 aromatic heterocycles. The maximum Gasteiger partial charge on any atom is 0.330 e. The van der Waals surface area contributed by atoms with Crippen LogP contribution in [-0.2, 0) is 14.3 Å². The average Bonchev–Trinajstić information content (AvgIpc) is 2.34. The van der Waals surface area contributed by atoms with Crippen LogP contribution in [0.5, 0.6) is 0 Å². The lowest BCUT2D eigenvalue weighted by molar-refractivity contribution is -0.873. The molecule has 0 amide bonds. The van der Waals surface area contributed by atoms with Crippen LogP contribution >= 0.6 is 0 Å². The Morgan fingerprint density at radius 3 is 2.23 bits per heavy atom. The first-order valence-corrected chi connectivity index (χ1v) is 7.75. The Morgan fingerprint density at radius 2 is 1.73 bits per heavy atom. The zero-order valence-electron chi connectivity index (χ0n) is 14.2. The molecule has 22 heavy (non-hydrogen) atoms. The minimum Gasteiger partial charge on any atom is -0.481 e. The van der Waals surface area contributed by atoms with Gasteiger partial charge in [0.1, 0.15) is 6.54 Å². The molecular formula is C17H30NO4+. The first-order valence-electron chi connectivity index (χ1n) is 7.75. The molecule has 0 fully saturated rings. The number of quaternary nitrogens is 1. The van der Waals surface area contributed by atoms with Gasteiger partial charge in [-0.25, -0.2) is 4.79 Å². The summed E-state index contributed by atoms with van der Waals surface area (Å²) < 4.78 is 5.79. The molecule has 126 valence electrons. The fourth-order valence-electron chi connectivity index (χ4n) is 2.02. The van der Waals surface area contributed by atoms with Gasteiger partial charge in [0, 0.05) is 6.08 Å². The smallest absolute Gasteiger partial charge is 0.330 e. The highest BCUT2D eigenvalue weighted by atomic mass is 16.5. The molecule has 0 aliphatic rings. The Hall–Kier alpha value is -1.62. The van der Waals surface area contributed by atoms with Crippen molar-refractivity contribution in [2.45, 2.75) is 45.1 Å². The number of hydrogen-bond donors (Lipinski definition) is 1. The van der Waals surface area contributed by atoms with E-state index in [4.69, 9.17) is 9.84 Å². The summed E-state index contributed by atoms with van der Waals surface area (Å²) in [6.45, 7) is 2.47. The number of hydrogen-bond acceptors (Lipinski definition) is 3. The van der Waals surface area contributed by atoms with Crippen molar-refractivity contribution in [2.75, 3.05) is 27.7 Å². The number of carbonyl (C=O) groups excluding carboxylic acids is 1. The van der Waals surface area contributed by atoms with Crippen molar-refractivity contribution in [3.8, 4) is 0 Å². The lowest BCUT2D eigenvalue weighted by atomic mass is 10.2. The molecular weight excluding hydrogens is 282 g/mol. The van der Waals surface area contributed by atoms with Gasteiger partial charge in [-0.3, -0.25) is 4.79 Å². The van der Waals surface area contributed by atoms with Crippen molar-refractivity contribution in [3.63, 3.8) is 0 Å². The number of rotatable bonds is 11. The SMILES string of the molecule is C/C=C/CCCC/C=C/C(=O)OC(CC(=O)O)C[N+](C)(C)C. The highest BCUT2D eigenvalue weighted by molar-refractivity contribution is 5.82. The van der Waals surface area contributed by atoms with Crippen molar-refractivity contribution >= 4 is 11.9 Å². The van der Waals surface area contributed by atoms with Gasteiger partial charge in [0.05, 0.1) is 27.6 Å². The molecule has 0 aromatic carbocycles. The number of allylic oxidation sites excluding steroid dienone is 3. The normalized spacial score (nSPS) is 13.6. The Labute approximate surface area is 133 Å². The first-order chi connectivity index (χ1) is 10.2. The van der Waals surface area contributed by atoms with Crippen molar-refractivity contribution in [3.05, 3.63) is 24.3 Å². The molecule has 1 N–H and O–H groups in total. The summed E-state index contributed by atoms with van der Waals surface area (Å²) in [5.41, 5.74) is 0. The van der Waals surface area contributed by atoms with Crippen molar-refractivity contribution in [1.82, 2.24) is 0 Å². The standard InChI is InChI=1S/C17H29NO4/c1-5-6-7-8-9-10-11-12-17(21)22-15(13-16(19)20)14-18(2,3)4/h5-6,11-12,15H,7-10,13-14H2,1-4H3/p+1/b6-5+,12-11+. The second-order valence-electron chi connectivity index (χ2n) is 6.39. The van der Waals surface area contributed by atoms with Crippen LogP contribution in [-0.4, -0.2) is 55.3 Å². The Balaban J connectivity index is 4.18. The predicted octanol–water partition coefficient (Wildman–Crippen LogP) is 2.77. The zero-order chi connectivity index (χ0) is 17.0. The van der Waals surface area contributed by atoms with Crippen LogP contribution in [0.2, 0.25) is 0 Å². The van der Waals surface area contributed by atoms with Crippen molar-refractivity contribution in [2.24, 2.45) is 0 Å². The summed E-state index contributed by atoms with van der Waals surface area (Å²) in [6.07, 6.45) is 10.6. The number of ether oxygens (including phenoxy) is 1. The summed E-state index contributed by atoms with van der Waals surface area (Å²) in [7, 11) is 5.80. The fraction of sp³-hybridized carbons (Fsp3) is 0.647. The van der Waals surface area contributed by atoms with E-state index in [1.807, 2.05) is 34.1 Å². The summed E-state index contributed by atoms with van der Waals surface area (Å²) in [5, 5.41) is 8.89. The maximum atomic E-state index is 11.7. The minimum atomic E-state index is -0.959. The molecule has 0 aliphatic heterocycles. The van der Waals surface area contributed by atoms with Crippen molar-refractivity contribution < 1.29 is 23.9 Å². The van der Waals surface area contributed by atoms with E-state index in [1.54, 1.807) is 6.08 Å². The number of carboxylic acid groups (broad SMARTS) is 1. The third-order valence-corrected chi connectivity index (χ3v) is 2.92. The summed E-state index contributed by atoms with van der Waals surface area (Å²) in [4.78, 5) is 22.6. The minimum absolute atomic E-state index is 0.168. The average molecular weight is 312 g/mol. The third kappa shape index (κ3) is 13.4. The third-order valence-electron chi connectivity index (χ3n) is 2.92. The number of carbonyl (C=O) groups is 2. The molecule has 0 saturated heterocycles. The molecule has 0 radical (unpaired) electrons. The van der Waals surface area contributed by atoms with Crippen LogP contribution in [0.4, 0.5) is 0 Å². The van der Waals surface area contributed by atoms with Crippen molar-refractivity contribution in [1.29, 1.82) is 0 Å². The number of likely N-dealkylation sites (N-methyl/N-ethyl adjacent to an activating group) is 1. The van der Waals surface area contributed by atoms with Crippen LogP contribution in [0.15, 0.2) is 24.3 Å². The Kier molecular flexibility index (Phi) is 10.2. The second kappa shape index (κ2) is 11.0. The zero-order valence-corrected chi connectivity index (χ0v) is 14.2. The van der Waals surface area contributed by atoms with E-state index in [0.29, 0.717) is 11.0 Å². The number of carboxylic acids is 1. The summed E-state index contributed by atoms with van der Waals surface area (Å²) in [6, 6.07) is 0. The molecule has 1 unspecified atom stereocenters. The Morgan fingerprint density at radius 1 is 1.14 bits per heavy atom. The molecule has 0 heterocycles. The molecule has 5 nitrogen and oxygen atoms in total.